The van der Waals surface area contributed by atoms with Gasteiger partial charge in [0.05, 0.1) is 41.5 Å². The molecule has 0 radical (unpaired) electrons. The van der Waals surface area contributed by atoms with Crippen LogP contribution in [0.4, 0.5) is 0 Å². The first-order valence-electron chi connectivity index (χ1n) is 9.55. The lowest BCUT2D eigenvalue weighted by Crippen LogP contribution is -2.40. The minimum absolute atomic E-state index is 0.117. The molecule has 1 aromatic heterocycles. The van der Waals surface area contributed by atoms with Crippen molar-refractivity contribution >= 4 is 19.6 Å². The SMILES string of the molecule is C=C/C=C(\C=C(C)C)c1ccn(C2=CC(N3CCOCC3)=C(N)C(NC)P2)n1. The van der Waals surface area contributed by atoms with E-state index in [9.17, 15) is 0 Å². The van der Waals surface area contributed by atoms with Gasteiger partial charge in [-0.1, -0.05) is 30.4 Å². The molecule has 3 N–H and O–H groups in total. The van der Waals surface area contributed by atoms with Crippen molar-refractivity contribution in [2.75, 3.05) is 33.4 Å². The van der Waals surface area contributed by atoms with Crippen molar-refractivity contribution in [1.82, 2.24) is 20.0 Å². The number of allylic oxidation sites excluding steroid dienone is 6. The fourth-order valence-electron chi connectivity index (χ4n) is 3.32. The molecular weight excluding hydrogens is 369 g/mol. The maximum absolute atomic E-state index is 6.49. The highest BCUT2D eigenvalue weighted by molar-refractivity contribution is 7.50. The standard InChI is InChI=1S/C21H30N5OP/c1-5-6-16(13-15(2)3)17-7-8-26(24-17)19-14-18(20(22)21(23-4)28-19)25-9-11-27-12-10-25/h5-8,13-14,21,23,28H,1,9-12,22H2,2-4H3/b16-6+. The van der Waals surface area contributed by atoms with Crippen LogP contribution in [-0.2, 0) is 4.74 Å². The van der Waals surface area contributed by atoms with E-state index in [0.717, 1.165) is 54.4 Å². The third-order valence-corrected chi connectivity index (χ3v) is 6.24. The van der Waals surface area contributed by atoms with Gasteiger partial charge in [0.15, 0.2) is 0 Å². The van der Waals surface area contributed by atoms with E-state index in [4.69, 9.17) is 15.6 Å². The van der Waals surface area contributed by atoms with Crippen molar-refractivity contribution in [3.63, 3.8) is 0 Å². The van der Waals surface area contributed by atoms with E-state index in [1.54, 1.807) is 6.08 Å². The first-order valence-corrected chi connectivity index (χ1v) is 10.6. The van der Waals surface area contributed by atoms with E-state index in [1.165, 1.54) is 5.57 Å². The Hall–Kier alpha value is -2.14. The Bertz CT molecular complexity index is 839. The lowest BCUT2D eigenvalue weighted by Gasteiger charge is -2.35. The number of aromatic nitrogens is 2. The zero-order valence-corrected chi connectivity index (χ0v) is 17.9. The first-order chi connectivity index (χ1) is 13.5. The molecule has 150 valence electrons. The Labute approximate surface area is 169 Å². The summed E-state index contributed by atoms with van der Waals surface area (Å²) < 4.78 is 7.47. The van der Waals surface area contributed by atoms with Crippen LogP contribution in [0, 0.1) is 0 Å². The smallest absolute Gasteiger partial charge is 0.0927 e. The molecule has 1 aromatic rings. The van der Waals surface area contributed by atoms with Crippen molar-refractivity contribution in [2.24, 2.45) is 5.73 Å². The van der Waals surface area contributed by atoms with Gasteiger partial charge in [-0.15, -0.1) is 0 Å². The molecule has 2 aliphatic rings. The molecule has 0 aliphatic carbocycles. The van der Waals surface area contributed by atoms with Crippen molar-refractivity contribution in [1.29, 1.82) is 0 Å². The molecule has 7 heteroatoms. The normalized spacial score (nSPS) is 21.7. The molecule has 3 rings (SSSR count). The molecular formula is C21H30N5OP. The zero-order valence-electron chi connectivity index (χ0n) is 16.9. The number of nitrogens with two attached hydrogens (primary N) is 1. The van der Waals surface area contributed by atoms with Crippen LogP contribution in [0.5, 0.6) is 0 Å². The maximum atomic E-state index is 6.49. The van der Waals surface area contributed by atoms with Crippen LogP contribution in [0.15, 0.2) is 60.1 Å². The van der Waals surface area contributed by atoms with Crippen molar-refractivity contribution in [2.45, 2.75) is 19.6 Å². The van der Waals surface area contributed by atoms with E-state index in [2.05, 4.69) is 42.8 Å². The van der Waals surface area contributed by atoms with E-state index >= 15 is 0 Å². The van der Waals surface area contributed by atoms with Gasteiger partial charge < -0.3 is 20.7 Å². The van der Waals surface area contributed by atoms with Gasteiger partial charge in [0.2, 0.25) is 0 Å². The largest absolute Gasteiger partial charge is 0.399 e. The molecule has 2 aliphatic heterocycles. The molecule has 1 fully saturated rings. The van der Waals surface area contributed by atoms with Gasteiger partial charge >= 0.3 is 0 Å². The van der Waals surface area contributed by atoms with Gasteiger partial charge in [0.25, 0.3) is 0 Å². The lowest BCUT2D eigenvalue weighted by molar-refractivity contribution is 0.0547. The Balaban J connectivity index is 1.94. The second-order valence-corrected chi connectivity index (χ2v) is 8.44. The summed E-state index contributed by atoms with van der Waals surface area (Å²) in [4.78, 5) is 2.31. The van der Waals surface area contributed by atoms with Gasteiger partial charge in [-0.2, -0.15) is 5.10 Å². The van der Waals surface area contributed by atoms with Crippen molar-refractivity contribution < 1.29 is 4.74 Å². The summed E-state index contributed by atoms with van der Waals surface area (Å²) in [6.45, 7) is 11.2. The van der Waals surface area contributed by atoms with Crippen LogP contribution in [-0.4, -0.2) is 53.8 Å². The van der Waals surface area contributed by atoms with Crippen LogP contribution in [0.25, 0.3) is 11.0 Å². The predicted molar refractivity (Wildman–Crippen MR) is 119 cm³/mol. The summed E-state index contributed by atoms with van der Waals surface area (Å²) in [5, 5.41) is 8.19. The van der Waals surface area contributed by atoms with Crippen molar-refractivity contribution in [3.05, 3.63) is 65.8 Å². The summed E-state index contributed by atoms with van der Waals surface area (Å²) in [5.41, 5.74) is 12.8. The molecule has 0 amide bonds. The molecule has 0 spiro atoms. The van der Waals surface area contributed by atoms with Crippen LogP contribution in [0.1, 0.15) is 19.5 Å². The van der Waals surface area contributed by atoms with Crippen LogP contribution in [0.3, 0.4) is 0 Å². The van der Waals surface area contributed by atoms with Crippen LogP contribution >= 0.6 is 8.58 Å². The minimum Gasteiger partial charge on any atom is -0.399 e. The first kappa shape index (κ1) is 20.6. The second-order valence-electron chi connectivity index (χ2n) is 7.06. The van der Waals surface area contributed by atoms with Gasteiger partial charge in [-0.25, -0.2) is 4.68 Å². The number of ether oxygens (including phenoxy) is 1. The van der Waals surface area contributed by atoms with Crippen LogP contribution < -0.4 is 11.1 Å². The Morgan fingerprint density at radius 3 is 2.79 bits per heavy atom. The highest BCUT2D eigenvalue weighted by Gasteiger charge is 2.26. The van der Waals surface area contributed by atoms with Gasteiger partial charge in [0.1, 0.15) is 0 Å². The quantitative estimate of drug-likeness (QED) is 0.569. The molecule has 2 atom stereocenters. The number of nitrogens with zero attached hydrogens (tertiary/aromatic N) is 3. The number of hydrogen-bond acceptors (Lipinski definition) is 5. The van der Waals surface area contributed by atoms with E-state index < -0.39 is 0 Å². The number of nitrogens with one attached hydrogen (secondary N) is 1. The number of morpholine rings is 1. The number of likely N-dealkylation sites (N-methyl/N-ethyl adjacent to an activating group) is 1. The van der Waals surface area contributed by atoms with E-state index in [1.807, 2.05) is 30.1 Å². The van der Waals surface area contributed by atoms with Gasteiger partial charge in [-0.05, 0) is 41.6 Å². The Morgan fingerprint density at radius 1 is 1.39 bits per heavy atom. The molecule has 0 aromatic carbocycles. The Kier molecular flexibility index (Phi) is 6.89. The molecule has 1 saturated heterocycles. The summed E-state index contributed by atoms with van der Waals surface area (Å²) in [6.07, 6.45) is 10.1. The highest BCUT2D eigenvalue weighted by Crippen LogP contribution is 2.40. The fourth-order valence-corrected chi connectivity index (χ4v) is 4.54. The molecule has 6 nitrogen and oxygen atoms in total. The topological polar surface area (TPSA) is 68.3 Å². The third kappa shape index (κ3) is 4.64. The number of rotatable bonds is 6. The van der Waals surface area contributed by atoms with Crippen LogP contribution in [0.2, 0.25) is 0 Å². The third-order valence-electron chi connectivity index (χ3n) is 4.69. The molecule has 0 bridgehead atoms. The molecule has 0 saturated carbocycles. The minimum atomic E-state index is 0.117. The summed E-state index contributed by atoms with van der Waals surface area (Å²) in [5.74, 6) is 0.117. The molecule has 3 heterocycles. The second kappa shape index (κ2) is 9.37. The Morgan fingerprint density at radius 2 is 2.14 bits per heavy atom. The molecule has 28 heavy (non-hydrogen) atoms. The zero-order chi connectivity index (χ0) is 20.1. The average Bonchev–Trinajstić information content (AvgIpc) is 3.18. The average molecular weight is 399 g/mol. The fraction of sp³-hybridized carbons (Fsp3) is 0.381. The predicted octanol–water partition coefficient (Wildman–Crippen LogP) is 2.96. The lowest BCUT2D eigenvalue weighted by atomic mass is 10.1. The monoisotopic (exact) mass is 399 g/mol. The summed E-state index contributed by atoms with van der Waals surface area (Å²) in [7, 11) is 2.46. The summed E-state index contributed by atoms with van der Waals surface area (Å²) >= 11 is 0. The van der Waals surface area contributed by atoms with Gasteiger partial charge in [-0.3, -0.25) is 0 Å². The highest BCUT2D eigenvalue weighted by atomic mass is 31.1. The van der Waals surface area contributed by atoms with Gasteiger partial charge in [0, 0.05) is 24.9 Å². The molecule has 2 unspecified atom stereocenters. The summed E-state index contributed by atoms with van der Waals surface area (Å²) in [6, 6.07) is 2.05. The van der Waals surface area contributed by atoms with Crippen molar-refractivity contribution in [3.8, 4) is 0 Å². The maximum Gasteiger partial charge on any atom is 0.0927 e. The van der Waals surface area contributed by atoms with E-state index in [0.29, 0.717) is 8.58 Å². The number of hydrogen-bond donors (Lipinski definition) is 2. The van der Waals surface area contributed by atoms with E-state index in [-0.39, 0.29) is 5.78 Å².